The zero-order chi connectivity index (χ0) is 9.59. The Balaban J connectivity index is 2.78. The largest absolute Gasteiger partial charge is 0.500 e. The average molecular weight is 184 g/mol. The van der Waals surface area contributed by atoms with Crippen molar-refractivity contribution in [3.8, 4) is 5.75 Å². The third-order valence-electron chi connectivity index (χ3n) is 1.67. The summed E-state index contributed by atoms with van der Waals surface area (Å²) in [4.78, 5) is 25.5. The van der Waals surface area contributed by atoms with E-state index in [9.17, 15) is 14.1 Å². The van der Waals surface area contributed by atoms with Gasteiger partial charge in [-0.25, -0.2) is 9.18 Å². The fraction of sp³-hybridized carbons (Fsp3) is 0. The first kappa shape index (κ1) is 7.66. The number of halogens is 1. The van der Waals surface area contributed by atoms with Gasteiger partial charge < -0.3 is 5.11 Å². The maximum Gasteiger partial charge on any atom is 0.424 e. The highest BCUT2D eigenvalue weighted by Crippen LogP contribution is 2.37. The van der Waals surface area contributed by atoms with Crippen molar-refractivity contribution in [3.63, 3.8) is 0 Å². The van der Waals surface area contributed by atoms with Crippen LogP contribution in [-0.4, -0.2) is 16.0 Å². The summed E-state index contributed by atoms with van der Waals surface area (Å²) in [5, 5.41) is 9.06. The molecular weight excluding hydrogens is 181 g/mol. The number of hydrogen-bond donors (Lipinski definition) is 1. The SMILES string of the molecule is O=C1O[N+](=O)c2c1ccc(F)c2O. The van der Waals surface area contributed by atoms with Crippen molar-refractivity contribution in [2.75, 3.05) is 0 Å². The van der Waals surface area contributed by atoms with Crippen LogP contribution in [-0.2, 0) is 4.84 Å². The Hall–Kier alpha value is -1.98. The van der Waals surface area contributed by atoms with Crippen LogP contribution in [0.5, 0.6) is 5.75 Å². The molecule has 1 aliphatic rings. The number of aromatic hydroxyl groups is 1. The van der Waals surface area contributed by atoms with Gasteiger partial charge in [-0.3, -0.25) is 0 Å². The second-order valence-electron chi connectivity index (χ2n) is 2.43. The molecule has 1 aromatic carbocycles. The smallest absolute Gasteiger partial charge is 0.424 e. The lowest BCUT2D eigenvalue weighted by Crippen LogP contribution is -1.97. The van der Waals surface area contributed by atoms with Gasteiger partial charge in [0, 0.05) is 0 Å². The Morgan fingerprint density at radius 1 is 1.46 bits per heavy atom. The summed E-state index contributed by atoms with van der Waals surface area (Å²) in [5.41, 5.74) is -0.626. The molecule has 0 atom stereocenters. The molecule has 1 aromatic rings. The van der Waals surface area contributed by atoms with E-state index in [1.165, 1.54) is 0 Å². The average Bonchev–Trinajstić information content (AvgIpc) is 2.35. The van der Waals surface area contributed by atoms with E-state index >= 15 is 0 Å². The van der Waals surface area contributed by atoms with Crippen LogP contribution in [0.1, 0.15) is 10.4 Å². The number of carbonyl (C=O) groups is 1. The summed E-state index contributed by atoms with van der Waals surface area (Å²) in [6.45, 7) is 0. The Morgan fingerprint density at radius 2 is 2.15 bits per heavy atom. The molecule has 0 amide bonds. The van der Waals surface area contributed by atoms with E-state index in [4.69, 9.17) is 5.11 Å². The Kier molecular flexibility index (Phi) is 1.33. The fourth-order valence-electron chi connectivity index (χ4n) is 1.07. The molecule has 2 rings (SSSR count). The van der Waals surface area contributed by atoms with Crippen molar-refractivity contribution in [2.45, 2.75) is 0 Å². The molecule has 0 bridgehead atoms. The van der Waals surface area contributed by atoms with E-state index in [1.807, 2.05) is 0 Å². The summed E-state index contributed by atoms with van der Waals surface area (Å²) < 4.78 is 12.7. The van der Waals surface area contributed by atoms with E-state index in [1.54, 1.807) is 0 Å². The first-order valence-corrected chi connectivity index (χ1v) is 3.32. The fourth-order valence-corrected chi connectivity index (χ4v) is 1.07. The lowest BCUT2D eigenvalue weighted by Gasteiger charge is -1.90. The number of rotatable bonds is 0. The summed E-state index contributed by atoms with van der Waals surface area (Å²) in [7, 11) is 0. The van der Waals surface area contributed by atoms with Crippen LogP contribution in [0.4, 0.5) is 10.1 Å². The minimum Gasteiger partial charge on any atom is -0.500 e. The van der Waals surface area contributed by atoms with Crippen molar-refractivity contribution in [3.05, 3.63) is 28.4 Å². The number of fused-ring (bicyclic) bond motifs is 1. The Labute approximate surface area is 70.9 Å². The number of carbonyl (C=O) groups excluding carboxylic acids is 1. The van der Waals surface area contributed by atoms with Gasteiger partial charge in [-0.2, -0.15) is 0 Å². The molecule has 1 N–H and O–H groups in total. The molecule has 66 valence electrons. The highest BCUT2D eigenvalue weighted by molar-refractivity contribution is 5.96. The van der Waals surface area contributed by atoms with Crippen LogP contribution in [0.25, 0.3) is 0 Å². The van der Waals surface area contributed by atoms with Gasteiger partial charge in [-0.05, 0) is 12.1 Å². The van der Waals surface area contributed by atoms with Crippen molar-refractivity contribution in [2.24, 2.45) is 0 Å². The van der Waals surface area contributed by atoms with Gasteiger partial charge in [0.2, 0.25) is 5.75 Å². The van der Waals surface area contributed by atoms with Crippen LogP contribution >= 0.6 is 0 Å². The van der Waals surface area contributed by atoms with Gasteiger partial charge in [-0.15, -0.1) is 4.84 Å². The summed E-state index contributed by atoms with van der Waals surface area (Å²) in [5.74, 6) is -2.75. The standard InChI is InChI=1S/C7H2FNO4/c8-4-2-1-3-5(6(4)10)9(12)13-7(3)11/h1-2H/p+1. The first-order chi connectivity index (χ1) is 6.11. The predicted octanol–water partition coefficient (Wildman–Crippen LogP) is 1.03. The van der Waals surface area contributed by atoms with Crippen molar-refractivity contribution in [1.29, 1.82) is 0 Å². The number of nitrogens with zero attached hydrogens (tertiary/aromatic N) is 1. The molecule has 0 aromatic heterocycles. The molecule has 0 saturated carbocycles. The zero-order valence-corrected chi connectivity index (χ0v) is 6.15. The van der Waals surface area contributed by atoms with Gasteiger partial charge in [0.25, 0.3) is 4.92 Å². The van der Waals surface area contributed by atoms with Crippen LogP contribution in [0.2, 0.25) is 0 Å². The molecular formula is C7H3FNO4+. The molecule has 0 unspecified atom stereocenters. The monoisotopic (exact) mass is 184 g/mol. The molecule has 0 aliphatic carbocycles. The van der Waals surface area contributed by atoms with Gasteiger partial charge >= 0.3 is 11.7 Å². The highest BCUT2D eigenvalue weighted by atomic mass is 19.1. The quantitative estimate of drug-likeness (QED) is 0.653. The van der Waals surface area contributed by atoms with Crippen LogP contribution in [0, 0.1) is 10.7 Å². The number of phenolic OH excluding ortho intramolecular Hbond substituents is 1. The normalized spacial score (nSPS) is 14.2. The molecule has 6 heteroatoms. The molecule has 0 spiro atoms. The molecule has 13 heavy (non-hydrogen) atoms. The van der Waals surface area contributed by atoms with Gasteiger partial charge in [-0.1, -0.05) is 0 Å². The third-order valence-corrected chi connectivity index (χ3v) is 1.67. The second-order valence-corrected chi connectivity index (χ2v) is 2.43. The van der Waals surface area contributed by atoms with Crippen molar-refractivity contribution in [1.82, 2.24) is 0 Å². The van der Waals surface area contributed by atoms with E-state index in [0.717, 1.165) is 12.1 Å². The highest BCUT2D eigenvalue weighted by Gasteiger charge is 2.43. The van der Waals surface area contributed by atoms with E-state index < -0.39 is 23.2 Å². The minimum atomic E-state index is -0.974. The Bertz CT molecular complexity index is 429. The van der Waals surface area contributed by atoms with E-state index in [-0.39, 0.29) is 10.5 Å². The van der Waals surface area contributed by atoms with Gasteiger partial charge in [0.15, 0.2) is 11.4 Å². The lowest BCUT2D eigenvalue weighted by atomic mass is 10.2. The van der Waals surface area contributed by atoms with Crippen molar-refractivity contribution >= 4 is 11.7 Å². The van der Waals surface area contributed by atoms with Gasteiger partial charge in [0.1, 0.15) is 0 Å². The minimum absolute atomic E-state index is 0.145. The first-order valence-electron chi connectivity index (χ1n) is 3.32. The zero-order valence-electron chi connectivity index (χ0n) is 6.15. The lowest BCUT2D eigenvalue weighted by molar-refractivity contribution is -0.706. The molecule has 1 heterocycles. The van der Waals surface area contributed by atoms with Crippen molar-refractivity contribution < 1.29 is 24.1 Å². The molecule has 0 fully saturated rings. The summed E-state index contributed by atoms with van der Waals surface area (Å²) >= 11 is 0. The molecule has 5 nitrogen and oxygen atoms in total. The van der Waals surface area contributed by atoms with Gasteiger partial charge in [0.05, 0.1) is 4.91 Å². The number of hydrogen-bond acceptors (Lipinski definition) is 4. The predicted molar refractivity (Wildman–Crippen MR) is 36.8 cm³/mol. The number of benzene rings is 1. The number of phenols is 1. The topological polar surface area (TPSA) is 66.6 Å². The maximum atomic E-state index is 12.7. The maximum absolute atomic E-state index is 12.7. The van der Waals surface area contributed by atoms with Crippen LogP contribution < -0.4 is 0 Å². The van der Waals surface area contributed by atoms with E-state index in [0.29, 0.717) is 0 Å². The summed E-state index contributed by atoms with van der Waals surface area (Å²) in [6.07, 6.45) is 0. The van der Waals surface area contributed by atoms with Crippen LogP contribution in [0.15, 0.2) is 12.1 Å². The summed E-state index contributed by atoms with van der Waals surface area (Å²) in [6, 6.07) is 1.96. The molecule has 0 radical (unpaired) electrons. The molecule has 1 aliphatic heterocycles. The third kappa shape index (κ3) is 0.883. The Morgan fingerprint density at radius 3 is 2.85 bits per heavy atom. The second kappa shape index (κ2) is 2.25. The van der Waals surface area contributed by atoms with Crippen LogP contribution in [0.3, 0.4) is 0 Å². The van der Waals surface area contributed by atoms with E-state index in [2.05, 4.69) is 4.84 Å². The molecule has 0 saturated heterocycles.